The summed E-state index contributed by atoms with van der Waals surface area (Å²) >= 11 is 6.30. The van der Waals surface area contributed by atoms with Crippen molar-refractivity contribution in [3.8, 4) is 0 Å². The average Bonchev–Trinajstić information content (AvgIpc) is 3.22. The molecule has 0 spiro atoms. The lowest BCUT2D eigenvalue weighted by Crippen LogP contribution is -2.30. The smallest absolute Gasteiger partial charge is 0.337 e. The second-order valence-electron chi connectivity index (χ2n) is 6.00. The Hall–Kier alpha value is -1.42. The van der Waals surface area contributed by atoms with Gasteiger partial charge in [-0.15, -0.1) is 0 Å². The van der Waals surface area contributed by atoms with Gasteiger partial charge < -0.3 is 15.7 Å². The highest BCUT2D eigenvalue weighted by atomic mass is 35.5. The number of rotatable bonds is 6. The highest BCUT2D eigenvalue weighted by molar-refractivity contribution is 6.34. The van der Waals surface area contributed by atoms with Crippen molar-refractivity contribution in [3.05, 3.63) is 22.7 Å². The van der Waals surface area contributed by atoms with Gasteiger partial charge in [0.05, 0.1) is 16.3 Å². The van der Waals surface area contributed by atoms with Gasteiger partial charge in [-0.25, -0.2) is 4.79 Å². The first-order chi connectivity index (χ1) is 9.54. The molecule has 0 amide bonds. The summed E-state index contributed by atoms with van der Waals surface area (Å²) in [6, 6.07) is 3.16. The fraction of sp³-hybridized carbons (Fsp3) is 0.533. The minimum absolute atomic E-state index is 0.219. The third-order valence-corrected chi connectivity index (χ3v) is 4.27. The van der Waals surface area contributed by atoms with Crippen LogP contribution in [0, 0.1) is 11.8 Å². The Labute approximate surface area is 123 Å². The Bertz CT molecular complexity index is 525. The molecule has 3 rings (SSSR count). The number of carbonyl (C=O) groups is 1. The van der Waals surface area contributed by atoms with E-state index in [9.17, 15) is 9.90 Å². The van der Waals surface area contributed by atoms with Crippen LogP contribution in [0.3, 0.4) is 0 Å². The van der Waals surface area contributed by atoms with E-state index in [-0.39, 0.29) is 5.56 Å². The van der Waals surface area contributed by atoms with E-state index in [0.717, 1.165) is 13.1 Å². The first kappa shape index (κ1) is 13.6. The van der Waals surface area contributed by atoms with Gasteiger partial charge in [-0.1, -0.05) is 11.6 Å². The number of nitrogens with zero attached hydrogens (tertiary/aromatic N) is 1. The number of nitrogens with two attached hydrogens (primary N) is 1. The Morgan fingerprint density at radius 3 is 2.25 bits per heavy atom. The van der Waals surface area contributed by atoms with Crippen molar-refractivity contribution in [3.63, 3.8) is 0 Å². The summed E-state index contributed by atoms with van der Waals surface area (Å²) in [7, 11) is 0. The third-order valence-electron chi connectivity index (χ3n) is 3.98. The number of aromatic carboxylic acids is 1. The number of carboxylic acid groups (broad SMARTS) is 1. The van der Waals surface area contributed by atoms with Crippen molar-refractivity contribution >= 4 is 28.9 Å². The maximum atomic E-state index is 11.5. The fourth-order valence-electron chi connectivity index (χ4n) is 2.59. The molecule has 0 saturated heterocycles. The highest BCUT2D eigenvalue weighted by Crippen LogP contribution is 2.40. The summed E-state index contributed by atoms with van der Waals surface area (Å²) in [6.45, 7) is 1.81. The number of anilines is 2. The van der Waals surface area contributed by atoms with Crippen LogP contribution in [0.5, 0.6) is 0 Å². The van der Waals surface area contributed by atoms with Crippen molar-refractivity contribution in [2.75, 3.05) is 23.7 Å². The molecular formula is C15H19ClN2O2. The first-order valence-corrected chi connectivity index (χ1v) is 7.49. The summed E-state index contributed by atoms with van der Waals surface area (Å²) in [5, 5.41) is 9.87. The van der Waals surface area contributed by atoms with Gasteiger partial charge in [0, 0.05) is 18.8 Å². The lowest BCUT2D eigenvalue weighted by Gasteiger charge is -2.27. The molecule has 2 saturated carbocycles. The summed E-state index contributed by atoms with van der Waals surface area (Å²) < 4.78 is 0. The normalized spacial score (nSPS) is 18.1. The van der Waals surface area contributed by atoms with Gasteiger partial charge in [-0.3, -0.25) is 0 Å². The van der Waals surface area contributed by atoms with Gasteiger partial charge in [0.2, 0.25) is 0 Å². The number of benzene rings is 1. The molecule has 0 radical (unpaired) electrons. The molecule has 1 aromatic carbocycles. The number of hydrogen-bond donors (Lipinski definition) is 2. The number of nitrogen functional groups attached to an aromatic ring is 1. The zero-order valence-corrected chi connectivity index (χ0v) is 12.1. The van der Waals surface area contributed by atoms with Crippen molar-refractivity contribution < 1.29 is 9.90 Å². The lowest BCUT2D eigenvalue weighted by atomic mass is 10.1. The maximum Gasteiger partial charge on any atom is 0.337 e. The van der Waals surface area contributed by atoms with Gasteiger partial charge in [0.1, 0.15) is 0 Å². The van der Waals surface area contributed by atoms with Crippen LogP contribution in [-0.2, 0) is 0 Å². The maximum absolute atomic E-state index is 11.5. The van der Waals surface area contributed by atoms with E-state index in [2.05, 4.69) is 4.90 Å². The van der Waals surface area contributed by atoms with Gasteiger partial charge >= 0.3 is 5.97 Å². The van der Waals surface area contributed by atoms with Crippen LogP contribution < -0.4 is 10.6 Å². The summed E-state index contributed by atoms with van der Waals surface area (Å²) in [5.41, 5.74) is 6.99. The molecule has 3 N–H and O–H groups in total. The molecular weight excluding hydrogens is 276 g/mol. The summed E-state index contributed by atoms with van der Waals surface area (Å²) in [6.07, 6.45) is 4.93. The minimum Gasteiger partial charge on any atom is -0.478 e. The second kappa shape index (κ2) is 5.17. The van der Waals surface area contributed by atoms with Gasteiger partial charge in [0.15, 0.2) is 0 Å². The Morgan fingerprint density at radius 2 is 1.80 bits per heavy atom. The van der Waals surface area contributed by atoms with E-state index >= 15 is 0 Å². The standard InChI is InChI=1S/C15H19ClN2O2/c16-13-6-11(17)5-12(15(19)20)14(13)18(7-9-1-2-9)8-10-3-4-10/h5-6,9-10H,1-4,7-8,17H2,(H,19,20). The molecule has 2 aliphatic carbocycles. The number of carboxylic acids is 1. The van der Waals surface area contributed by atoms with Crippen LogP contribution in [0.15, 0.2) is 12.1 Å². The molecule has 5 heteroatoms. The largest absolute Gasteiger partial charge is 0.478 e. The second-order valence-corrected chi connectivity index (χ2v) is 6.40. The minimum atomic E-state index is -0.967. The van der Waals surface area contributed by atoms with Crippen LogP contribution in [-0.4, -0.2) is 24.2 Å². The van der Waals surface area contributed by atoms with Crippen molar-refractivity contribution in [2.24, 2.45) is 11.8 Å². The molecule has 0 atom stereocenters. The van der Waals surface area contributed by atoms with E-state index in [1.54, 1.807) is 6.07 Å². The predicted molar refractivity (Wildman–Crippen MR) is 80.5 cm³/mol. The lowest BCUT2D eigenvalue weighted by molar-refractivity contribution is 0.0697. The van der Waals surface area contributed by atoms with Crippen molar-refractivity contribution in [1.29, 1.82) is 0 Å². The zero-order chi connectivity index (χ0) is 14.3. The van der Waals surface area contributed by atoms with E-state index < -0.39 is 5.97 Å². The highest BCUT2D eigenvalue weighted by Gasteiger charge is 2.32. The van der Waals surface area contributed by atoms with E-state index in [4.69, 9.17) is 17.3 Å². The fourth-order valence-corrected chi connectivity index (χ4v) is 2.93. The quantitative estimate of drug-likeness (QED) is 0.790. The van der Waals surface area contributed by atoms with Crippen LogP contribution in [0.25, 0.3) is 0 Å². The van der Waals surface area contributed by atoms with Gasteiger partial charge in [-0.05, 0) is 49.7 Å². The summed E-state index contributed by atoms with van der Waals surface area (Å²) in [4.78, 5) is 13.7. The first-order valence-electron chi connectivity index (χ1n) is 7.12. The van der Waals surface area contributed by atoms with Crippen molar-refractivity contribution in [2.45, 2.75) is 25.7 Å². The van der Waals surface area contributed by atoms with Crippen LogP contribution in [0.4, 0.5) is 11.4 Å². The SMILES string of the molecule is Nc1cc(Cl)c(N(CC2CC2)CC2CC2)c(C(=O)O)c1. The van der Waals surface area contributed by atoms with Gasteiger partial charge in [-0.2, -0.15) is 0 Å². The molecule has 2 fully saturated rings. The Balaban J connectivity index is 1.96. The van der Waals surface area contributed by atoms with E-state index in [1.807, 2.05) is 0 Å². The molecule has 1 aromatic rings. The van der Waals surface area contributed by atoms with Gasteiger partial charge in [0.25, 0.3) is 0 Å². The third kappa shape index (κ3) is 3.01. The van der Waals surface area contributed by atoms with E-state index in [1.165, 1.54) is 31.7 Å². The van der Waals surface area contributed by atoms with Crippen LogP contribution in [0.1, 0.15) is 36.0 Å². The molecule has 20 heavy (non-hydrogen) atoms. The monoisotopic (exact) mass is 294 g/mol. The number of halogens is 1. The predicted octanol–water partition coefficient (Wildman–Crippen LogP) is 3.25. The molecule has 0 aromatic heterocycles. The van der Waals surface area contributed by atoms with Crippen LogP contribution >= 0.6 is 11.6 Å². The molecule has 0 bridgehead atoms. The Morgan fingerprint density at radius 1 is 1.25 bits per heavy atom. The average molecular weight is 295 g/mol. The van der Waals surface area contributed by atoms with Crippen molar-refractivity contribution in [1.82, 2.24) is 0 Å². The number of hydrogen-bond acceptors (Lipinski definition) is 3. The van der Waals surface area contributed by atoms with E-state index in [0.29, 0.717) is 28.2 Å². The molecule has 2 aliphatic rings. The topological polar surface area (TPSA) is 66.6 Å². The molecule has 0 unspecified atom stereocenters. The zero-order valence-electron chi connectivity index (χ0n) is 11.3. The molecule has 0 heterocycles. The molecule has 0 aliphatic heterocycles. The van der Waals surface area contributed by atoms with Crippen LogP contribution in [0.2, 0.25) is 5.02 Å². The summed E-state index contributed by atoms with van der Waals surface area (Å²) in [5.74, 6) is 0.402. The Kier molecular flexibility index (Phi) is 3.50. The molecule has 4 nitrogen and oxygen atoms in total. The molecule has 108 valence electrons.